The van der Waals surface area contributed by atoms with Crippen molar-refractivity contribution in [1.82, 2.24) is 4.98 Å². The van der Waals surface area contributed by atoms with Crippen LogP contribution in [-0.2, 0) is 9.53 Å². The second-order valence-corrected chi connectivity index (χ2v) is 4.78. The van der Waals surface area contributed by atoms with Gasteiger partial charge in [-0.15, -0.1) is 11.3 Å². The van der Waals surface area contributed by atoms with Gasteiger partial charge in [-0.25, -0.2) is 9.78 Å². The predicted octanol–water partition coefficient (Wildman–Crippen LogP) is 1.76. The number of nitrogens with zero attached hydrogens (tertiary/aromatic N) is 1. The lowest BCUT2D eigenvalue weighted by atomic mass is 10.1. The van der Waals surface area contributed by atoms with E-state index < -0.39 is 18.5 Å². The summed E-state index contributed by atoms with van der Waals surface area (Å²) in [4.78, 5) is 26.6. The minimum atomic E-state index is -0.681. The smallest absolute Gasteiger partial charge is 0.338 e. The SMILES string of the molecule is Cc1csc(-c2cccc(C(=O)OCC(N)=O)c2)n1. The van der Waals surface area contributed by atoms with Crippen LogP contribution in [0.4, 0.5) is 0 Å². The van der Waals surface area contributed by atoms with E-state index in [4.69, 9.17) is 10.5 Å². The summed E-state index contributed by atoms with van der Waals surface area (Å²) in [6, 6.07) is 6.91. The van der Waals surface area contributed by atoms with Gasteiger partial charge in [0, 0.05) is 16.6 Å². The van der Waals surface area contributed by atoms with E-state index in [0.29, 0.717) is 5.56 Å². The number of esters is 1. The van der Waals surface area contributed by atoms with E-state index in [1.807, 2.05) is 18.4 Å². The lowest BCUT2D eigenvalue weighted by Gasteiger charge is -2.03. The van der Waals surface area contributed by atoms with Crippen molar-refractivity contribution in [2.45, 2.75) is 6.92 Å². The second kappa shape index (κ2) is 5.62. The molecule has 1 amide bonds. The number of hydrogen-bond acceptors (Lipinski definition) is 5. The van der Waals surface area contributed by atoms with Crippen LogP contribution in [0.3, 0.4) is 0 Å². The molecule has 2 rings (SSSR count). The maximum atomic E-state index is 11.7. The Kier molecular flexibility index (Phi) is 3.91. The van der Waals surface area contributed by atoms with Crippen LogP contribution in [0.25, 0.3) is 10.6 Å². The molecular weight excluding hydrogens is 264 g/mol. The summed E-state index contributed by atoms with van der Waals surface area (Å²) < 4.78 is 4.76. The summed E-state index contributed by atoms with van der Waals surface area (Å²) in [6.45, 7) is 1.49. The quantitative estimate of drug-likeness (QED) is 0.863. The number of thiazole rings is 1. The first-order valence-electron chi connectivity index (χ1n) is 5.54. The number of primary amides is 1. The molecule has 2 aromatic rings. The highest BCUT2D eigenvalue weighted by Crippen LogP contribution is 2.24. The summed E-state index contributed by atoms with van der Waals surface area (Å²) in [5, 5.41) is 2.77. The number of rotatable bonds is 4. The maximum Gasteiger partial charge on any atom is 0.338 e. The molecule has 19 heavy (non-hydrogen) atoms. The number of amides is 1. The van der Waals surface area contributed by atoms with Crippen LogP contribution in [0, 0.1) is 6.92 Å². The van der Waals surface area contributed by atoms with Gasteiger partial charge in [-0.1, -0.05) is 12.1 Å². The first-order valence-corrected chi connectivity index (χ1v) is 6.42. The Morgan fingerprint density at radius 3 is 2.84 bits per heavy atom. The average molecular weight is 276 g/mol. The molecule has 0 saturated heterocycles. The van der Waals surface area contributed by atoms with Gasteiger partial charge in [0.25, 0.3) is 5.91 Å². The molecule has 0 atom stereocenters. The highest BCUT2D eigenvalue weighted by atomic mass is 32.1. The zero-order valence-electron chi connectivity index (χ0n) is 10.3. The number of carbonyl (C=O) groups excluding carboxylic acids is 2. The molecule has 0 spiro atoms. The van der Waals surface area contributed by atoms with Gasteiger partial charge in [-0.3, -0.25) is 4.79 Å². The predicted molar refractivity (Wildman–Crippen MR) is 71.8 cm³/mol. The third-order valence-corrected chi connectivity index (χ3v) is 3.32. The van der Waals surface area contributed by atoms with Crippen molar-refractivity contribution >= 4 is 23.2 Å². The first-order chi connectivity index (χ1) is 9.06. The normalized spacial score (nSPS) is 10.2. The van der Waals surface area contributed by atoms with Crippen molar-refractivity contribution < 1.29 is 14.3 Å². The minimum Gasteiger partial charge on any atom is -0.452 e. The Morgan fingerprint density at radius 1 is 1.42 bits per heavy atom. The van der Waals surface area contributed by atoms with E-state index in [2.05, 4.69) is 4.98 Å². The fourth-order valence-corrected chi connectivity index (χ4v) is 2.28. The van der Waals surface area contributed by atoms with Crippen molar-refractivity contribution in [3.8, 4) is 10.6 Å². The van der Waals surface area contributed by atoms with Gasteiger partial charge in [0.2, 0.25) is 0 Å². The van der Waals surface area contributed by atoms with Gasteiger partial charge in [-0.2, -0.15) is 0 Å². The van der Waals surface area contributed by atoms with Crippen molar-refractivity contribution in [3.05, 3.63) is 40.9 Å². The molecule has 98 valence electrons. The number of benzene rings is 1. The van der Waals surface area contributed by atoms with E-state index in [1.165, 1.54) is 11.3 Å². The van der Waals surface area contributed by atoms with E-state index in [1.54, 1.807) is 18.2 Å². The zero-order valence-corrected chi connectivity index (χ0v) is 11.1. The van der Waals surface area contributed by atoms with E-state index >= 15 is 0 Å². The van der Waals surface area contributed by atoms with Crippen LogP contribution < -0.4 is 5.73 Å². The topological polar surface area (TPSA) is 82.3 Å². The summed E-state index contributed by atoms with van der Waals surface area (Å²) >= 11 is 1.50. The molecule has 0 aliphatic heterocycles. The van der Waals surface area contributed by atoms with Crippen molar-refractivity contribution in [3.63, 3.8) is 0 Å². The summed E-state index contributed by atoms with van der Waals surface area (Å²) in [7, 11) is 0. The molecule has 0 aliphatic rings. The Hall–Kier alpha value is -2.21. The van der Waals surface area contributed by atoms with Gasteiger partial charge in [-0.05, 0) is 19.1 Å². The van der Waals surface area contributed by atoms with Gasteiger partial charge in [0.15, 0.2) is 6.61 Å². The average Bonchev–Trinajstić information content (AvgIpc) is 2.83. The highest BCUT2D eigenvalue weighted by Gasteiger charge is 2.11. The number of aryl methyl sites for hydroxylation is 1. The van der Waals surface area contributed by atoms with Crippen LogP contribution in [0.1, 0.15) is 16.1 Å². The van der Waals surface area contributed by atoms with E-state index in [9.17, 15) is 9.59 Å². The summed E-state index contributed by atoms with van der Waals surface area (Å²) in [6.07, 6.45) is 0. The molecule has 2 N–H and O–H groups in total. The van der Waals surface area contributed by atoms with Crippen molar-refractivity contribution in [2.24, 2.45) is 5.73 Å². The third-order valence-electron chi connectivity index (χ3n) is 2.31. The number of ether oxygens (including phenoxy) is 1. The van der Waals surface area contributed by atoms with Crippen LogP contribution in [0.5, 0.6) is 0 Å². The summed E-state index contributed by atoms with van der Waals surface area (Å²) in [5.41, 5.74) is 7.06. The van der Waals surface area contributed by atoms with Crippen LogP contribution in [-0.4, -0.2) is 23.5 Å². The van der Waals surface area contributed by atoms with Gasteiger partial charge < -0.3 is 10.5 Å². The molecule has 1 aromatic heterocycles. The number of nitrogens with two attached hydrogens (primary N) is 1. The fraction of sp³-hybridized carbons (Fsp3) is 0.154. The molecule has 0 aliphatic carbocycles. The number of aromatic nitrogens is 1. The van der Waals surface area contributed by atoms with Crippen LogP contribution >= 0.6 is 11.3 Å². The summed E-state index contributed by atoms with van der Waals surface area (Å²) in [5.74, 6) is -1.26. The van der Waals surface area contributed by atoms with E-state index in [-0.39, 0.29) is 0 Å². The molecule has 1 aromatic carbocycles. The maximum absolute atomic E-state index is 11.7. The van der Waals surface area contributed by atoms with Crippen LogP contribution in [0.2, 0.25) is 0 Å². The standard InChI is InChI=1S/C13H12N2O3S/c1-8-7-19-12(15-8)9-3-2-4-10(5-9)13(17)18-6-11(14)16/h2-5,7H,6H2,1H3,(H2,14,16). The first kappa shape index (κ1) is 13.2. The van der Waals surface area contributed by atoms with Crippen molar-refractivity contribution in [1.29, 1.82) is 0 Å². The molecule has 0 bridgehead atoms. The Labute approximate surface area is 114 Å². The lowest BCUT2D eigenvalue weighted by molar-refractivity contribution is -0.121. The molecule has 5 nitrogen and oxygen atoms in total. The highest BCUT2D eigenvalue weighted by molar-refractivity contribution is 7.13. The zero-order chi connectivity index (χ0) is 13.8. The van der Waals surface area contributed by atoms with Gasteiger partial charge in [0.1, 0.15) is 5.01 Å². The third kappa shape index (κ3) is 3.38. The number of hydrogen-bond donors (Lipinski definition) is 1. The molecule has 0 saturated carbocycles. The molecule has 0 fully saturated rings. The molecular formula is C13H12N2O3S. The second-order valence-electron chi connectivity index (χ2n) is 3.92. The molecule has 6 heteroatoms. The molecule has 0 unspecified atom stereocenters. The van der Waals surface area contributed by atoms with Gasteiger partial charge in [0.05, 0.1) is 5.56 Å². The monoisotopic (exact) mass is 276 g/mol. The Balaban J connectivity index is 2.19. The van der Waals surface area contributed by atoms with Gasteiger partial charge >= 0.3 is 5.97 Å². The molecule has 1 heterocycles. The Bertz CT molecular complexity index is 622. The minimum absolute atomic E-state index is 0.367. The largest absolute Gasteiger partial charge is 0.452 e. The lowest BCUT2D eigenvalue weighted by Crippen LogP contribution is -2.20. The fourth-order valence-electron chi connectivity index (χ4n) is 1.49. The molecule has 0 radical (unpaired) electrons. The Morgan fingerprint density at radius 2 is 2.21 bits per heavy atom. The van der Waals surface area contributed by atoms with Crippen molar-refractivity contribution in [2.75, 3.05) is 6.61 Å². The number of carbonyl (C=O) groups is 2. The van der Waals surface area contributed by atoms with E-state index in [0.717, 1.165) is 16.3 Å². The van der Waals surface area contributed by atoms with Crippen LogP contribution in [0.15, 0.2) is 29.6 Å².